The van der Waals surface area contributed by atoms with Gasteiger partial charge in [0.15, 0.2) is 14.0 Å². The first-order valence-electron chi connectivity index (χ1n) is 4.09. The molecule has 0 heterocycles. The molecule has 0 aliphatic rings. The number of hydrogen-bond acceptors (Lipinski definition) is 3. The number of amides is 1. The molecule has 1 amide bonds. The highest BCUT2D eigenvalue weighted by atomic mass is 79.9. The fourth-order valence-electron chi connectivity index (χ4n) is 1.00. The van der Waals surface area contributed by atoms with E-state index in [-0.39, 0.29) is 4.90 Å². The van der Waals surface area contributed by atoms with Crippen molar-refractivity contribution in [3.63, 3.8) is 0 Å². The predicted molar refractivity (Wildman–Crippen MR) is 60.3 cm³/mol. The SMILES string of the molecule is Cc1ccc(S(=O)(=O)C(Br)C(N)=O)cc1. The van der Waals surface area contributed by atoms with E-state index in [0.29, 0.717) is 0 Å². The molecule has 0 aromatic heterocycles. The zero-order chi connectivity index (χ0) is 11.6. The number of primary amides is 1. The van der Waals surface area contributed by atoms with Crippen LogP contribution in [0.1, 0.15) is 5.56 Å². The monoisotopic (exact) mass is 291 g/mol. The van der Waals surface area contributed by atoms with Gasteiger partial charge in [0.25, 0.3) is 0 Å². The molecule has 0 aliphatic heterocycles. The summed E-state index contributed by atoms with van der Waals surface area (Å²) in [5, 5.41) is 0. The Bertz CT molecular complexity index is 467. The Labute approximate surface area is 96.5 Å². The molecule has 0 saturated carbocycles. The van der Waals surface area contributed by atoms with Gasteiger partial charge in [-0.15, -0.1) is 0 Å². The molecule has 1 rings (SSSR count). The summed E-state index contributed by atoms with van der Waals surface area (Å²) in [5.41, 5.74) is 5.87. The number of sulfone groups is 1. The van der Waals surface area contributed by atoms with Crippen LogP contribution in [-0.4, -0.2) is 18.5 Å². The van der Waals surface area contributed by atoms with E-state index in [1.54, 1.807) is 12.1 Å². The van der Waals surface area contributed by atoms with E-state index >= 15 is 0 Å². The third-order valence-corrected chi connectivity index (χ3v) is 5.48. The van der Waals surface area contributed by atoms with Crippen LogP contribution < -0.4 is 5.73 Å². The first-order valence-corrected chi connectivity index (χ1v) is 6.56. The molecule has 1 aromatic rings. The molecule has 1 atom stereocenters. The molecular formula is C9H10BrNO3S. The molecule has 15 heavy (non-hydrogen) atoms. The molecule has 4 nitrogen and oxygen atoms in total. The molecule has 0 bridgehead atoms. The molecule has 0 aliphatic carbocycles. The van der Waals surface area contributed by atoms with Gasteiger partial charge in [0.2, 0.25) is 5.91 Å². The highest BCUT2D eigenvalue weighted by Gasteiger charge is 2.29. The third kappa shape index (κ3) is 2.57. The minimum Gasteiger partial charge on any atom is -0.368 e. The van der Waals surface area contributed by atoms with Crippen LogP contribution in [-0.2, 0) is 14.6 Å². The largest absolute Gasteiger partial charge is 0.368 e. The van der Waals surface area contributed by atoms with E-state index in [9.17, 15) is 13.2 Å². The summed E-state index contributed by atoms with van der Waals surface area (Å²) in [4.78, 5) is 10.9. The number of carbonyl (C=O) groups is 1. The summed E-state index contributed by atoms with van der Waals surface area (Å²) >= 11 is 2.76. The third-order valence-electron chi connectivity index (χ3n) is 1.85. The van der Waals surface area contributed by atoms with E-state index in [4.69, 9.17) is 5.73 Å². The minimum absolute atomic E-state index is 0.0776. The fraction of sp³-hybridized carbons (Fsp3) is 0.222. The van der Waals surface area contributed by atoms with Crippen molar-refractivity contribution in [2.75, 3.05) is 0 Å². The Morgan fingerprint density at radius 3 is 2.20 bits per heavy atom. The molecule has 0 saturated heterocycles. The Hall–Kier alpha value is -0.880. The summed E-state index contributed by atoms with van der Waals surface area (Å²) in [7, 11) is -3.71. The lowest BCUT2D eigenvalue weighted by Gasteiger charge is -2.07. The van der Waals surface area contributed by atoms with Gasteiger partial charge in [0.05, 0.1) is 4.90 Å². The highest BCUT2D eigenvalue weighted by molar-refractivity contribution is 9.11. The molecule has 0 radical (unpaired) electrons. The number of carbonyl (C=O) groups excluding carboxylic acids is 1. The average molecular weight is 292 g/mol. The van der Waals surface area contributed by atoms with Crippen LogP contribution in [0.2, 0.25) is 0 Å². The smallest absolute Gasteiger partial charge is 0.247 e. The van der Waals surface area contributed by atoms with Crippen molar-refractivity contribution in [2.24, 2.45) is 5.73 Å². The van der Waals surface area contributed by atoms with Gasteiger partial charge in [-0.1, -0.05) is 33.6 Å². The summed E-state index contributed by atoms with van der Waals surface area (Å²) in [5.74, 6) is -0.921. The fourth-order valence-corrected chi connectivity index (χ4v) is 2.71. The summed E-state index contributed by atoms with van der Waals surface area (Å²) in [6.45, 7) is 1.84. The number of halogens is 1. The van der Waals surface area contributed by atoms with Crippen LogP contribution in [0.4, 0.5) is 0 Å². The second-order valence-corrected chi connectivity index (χ2v) is 6.63. The maximum Gasteiger partial charge on any atom is 0.247 e. The van der Waals surface area contributed by atoms with E-state index in [1.807, 2.05) is 6.92 Å². The lowest BCUT2D eigenvalue weighted by molar-refractivity contribution is -0.116. The van der Waals surface area contributed by atoms with Gasteiger partial charge in [-0.3, -0.25) is 4.79 Å². The predicted octanol–water partition coefficient (Wildman–Crippen LogP) is 0.975. The summed E-state index contributed by atoms with van der Waals surface area (Å²) in [6.07, 6.45) is 0. The van der Waals surface area contributed by atoms with Crippen LogP contribution in [0.5, 0.6) is 0 Å². The van der Waals surface area contributed by atoms with E-state index in [2.05, 4.69) is 15.9 Å². The van der Waals surface area contributed by atoms with Crippen molar-refractivity contribution < 1.29 is 13.2 Å². The van der Waals surface area contributed by atoms with Crippen molar-refractivity contribution >= 4 is 31.7 Å². The second-order valence-electron chi connectivity index (χ2n) is 3.08. The van der Waals surface area contributed by atoms with Crippen LogP contribution in [0.15, 0.2) is 29.2 Å². The van der Waals surface area contributed by atoms with Crippen molar-refractivity contribution in [3.8, 4) is 0 Å². The van der Waals surface area contributed by atoms with E-state index in [0.717, 1.165) is 5.56 Å². The van der Waals surface area contributed by atoms with Gasteiger partial charge < -0.3 is 5.73 Å². The number of aryl methyl sites for hydroxylation is 1. The lowest BCUT2D eigenvalue weighted by atomic mass is 10.2. The Morgan fingerprint density at radius 2 is 1.80 bits per heavy atom. The first kappa shape index (κ1) is 12.2. The van der Waals surface area contributed by atoms with Gasteiger partial charge >= 0.3 is 0 Å². The zero-order valence-electron chi connectivity index (χ0n) is 7.98. The maximum atomic E-state index is 11.7. The Balaban J connectivity index is 3.17. The maximum absolute atomic E-state index is 11.7. The molecule has 0 fully saturated rings. The molecular weight excluding hydrogens is 282 g/mol. The van der Waals surface area contributed by atoms with Crippen molar-refractivity contribution in [1.29, 1.82) is 0 Å². The van der Waals surface area contributed by atoms with Crippen LogP contribution in [0.25, 0.3) is 0 Å². The van der Waals surface area contributed by atoms with Gasteiger partial charge in [-0.25, -0.2) is 8.42 Å². The topological polar surface area (TPSA) is 77.2 Å². The minimum atomic E-state index is -3.71. The van der Waals surface area contributed by atoms with Crippen molar-refractivity contribution in [1.82, 2.24) is 0 Å². The molecule has 6 heteroatoms. The van der Waals surface area contributed by atoms with Crippen LogP contribution in [0.3, 0.4) is 0 Å². The summed E-state index contributed by atoms with van der Waals surface area (Å²) in [6, 6.07) is 6.21. The lowest BCUT2D eigenvalue weighted by Crippen LogP contribution is -2.30. The quantitative estimate of drug-likeness (QED) is 0.843. The van der Waals surface area contributed by atoms with E-state index < -0.39 is 19.9 Å². The first-order chi connectivity index (χ1) is 6.85. The van der Waals surface area contributed by atoms with E-state index in [1.165, 1.54) is 12.1 Å². The van der Waals surface area contributed by atoms with Gasteiger partial charge in [-0.2, -0.15) is 0 Å². The molecule has 82 valence electrons. The molecule has 2 N–H and O–H groups in total. The molecule has 1 unspecified atom stereocenters. The Kier molecular flexibility index (Phi) is 3.51. The van der Waals surface area contributed by atoms with Gasteiger partial charge in [0, 0.05) is 0 Å². The standard InChI is InChI=1S/C9H10BrNO3S/c1-6-2-4-7(5-3-6)15(13,14)8(10)9(11)12/h2-5,8H,1H3,(H2,11,12). The van der Waals surface area contributed by atoms with Gasteiger partial charge in [-0.05, 0) is 19.1 Å². The zero-order valence-corrected chi connectivity index (χ0v) is 10.4. The molecule has 0 spiro atoms. The number of nitrogens with two attached hydrogens (primary N) is 1. The number of benzene rings is 1. The number of hydrogen-bond donors (Lipinski definition) is 1. The van der Waals surface area contributed by atoms with Crippen molar-refractivity contribution in [2.45, 2.75) is 16.0 Å². The highest BCUT2D eigenvalue weighted by Crippen LogP contribution is 2.20. The second kappa shape index (κ2) is 4.32. The Morgan fingerprint density at radius 1 is 1.33 bits per heavy atom. The normalized spacial score (nSPS) is 13.5. The van der Waals surface area contributed by atoms with Crippen molar-refractivity contribution in [3.05, 3.63) is 29.8 Å². The number of rotatable bonds is 3. The summed E-state index contributed by atoms with van der Waals surface area (Å²) < 4.78 is 22.1. The molecule has 1 aromatic carbocycles. The number of alkyl halides is 1. The van der Waals surface area contributed by atoms with Crippen LogP contribution in [0, 0.1) is 6.92 Å². The van der Waals surface area contributed by atoms with Gasteiger partial charge in [0.1, 0.15) is 0 Å². The van der Waals surface area contributed by atoms with Crippen LogP contribution >= 0.6 is 15.9 Å². The average Bonchev–Trinajstić information content (AvgIpc) is 2.17.